The lowest BCUT2D eigenvalue weighted by molar-refractivity contribution is 1.07. The molecule has 0 aliphatic rings. The first kappa shape index (κ1) is 65.8. The summed E-state index contributed by atoms with van der Waals surface area (Å²) in [5, 5.41) is 9.79. The molecule has 0 fully saturated rings. The normalized spacial score (nSPS) is 11.6. The van der Waals surface area contributed by atoms with Crippen molar-refractivity contribution >= 4 is 107 Å². The van der Waals surface area contributed by atoms with Crippen LogP contribution in [-0.4, -0.2) is 39.0 Å². The molecule has 0 unspecified atom stereocenters. The Labute approximate surface area is 653 Å². The number of aromatic nitrogens is 8. The average molecular weight is 1470 g/mol. The van der Waals surface area contributed by atoms with E-state index in [-0.39, 0.29) is 0 Å². The Kier molecular flexibility index (Phi) is 16.4. The Morgan fingerprint density at radius 2 is 0.464 bits per heavy atom. The molecule has 6 heterocycles. The lowest BCUT2D eigenvalue weighted by Crippen LogP contribution is -2.01. The molecule has 0 spiro atoms. The first-order valence-corrected chi connectivity index (χ1v) is 39.2. The molecule has 0 aliphatic heterocycles. The van der Waals surface area contributed by atoms with Crippen LogP contribution in [0.2, 0.25) is 0 Å². The molecule has 0 aliphatic carbocycles. The topological polar surface area (TPSA) is 87.2 Å². The average Bonchev–Trinajstić information content (AvgIpc) is 1.57. The summed E-state index contributed by atoms with van der Waals surface area (Å²) in [5.74, 6) is 3.85. The van der Waals surface area contributed by atoms with Gasteiger partial charge in [0.05, 0.1) is 22.1 Å². The van der Waals surface area contributed by atoms with Gasteiger partial charge in [0.1, 0.15) is 0 Å². The molecule has 0 N–H and O–H groups in total. The summed E-state index contributed by atoms with van der Waals surface area (Å²) >= 11 is 3.64. The quantitative estimate of drug-likeness (QED) is 0.121. The van der Waals surface area contributed by atoms with Crippen molar-refractivity contribution in [2.24, 2.45) is 0 Å². The molecule has 22 aromatic rings. The summed E-state index contributed by atoms with van der Waals surface area (Å²) < 4.78 is 9.75. The molecule has 0 amide bonds. The van der Waals surface area contributed by atoms with E-state index in [4.69, 9.17) is 29.9 Å². The molecular formula is C102H64N8S2. The largest absolute Gasteiger partial charge is 0.309 e. The molecule has 0 radical (unpaired) electrons. The standard InChI is InChI=1S/2C51H32N4S/c1-4-15-33(16-5-1)36-27-28-41-40-23-10-12-25-45(40)55(46(41)30-36)39-31-43(48-44(32-39)42-24-11-13-26-47(42)56-48)37-21-14-22-38(29-37)51-53-49(34-17-6-2-7-18-34)52-50(54-51)35-19-8-3-9-20-35;1-4-15-33(16-5-1)36-21-14-22-38(29-36)50-52-49(35-19-8-3-9-20-35)53-51(54-50)44-32-39(31-43-42-24-11-13-26-47(42)56-48(43)44)55-45-25-12-10-23-40(45)41-28-27-37(30-46(41)55)34-17-6-2-7-18-34/h2*1-32H. The predicted octanol–water partition coefficient (Wildman–Crippen LogP) is 27.3. The van der Waals surface area contributed by atoms with Crippen LogP contribution in [0, 0.1) is 0 Å². The van der Waals surface area contributed by atoms with E-state index in [1.807, 2.05) is 96.3 Å². The summed E-state index contributed by atoms with van der Waals surface area (Å²) in [5.41, 5.74) is 21.8. The van der Waals surface area contributed by atoms with Crippen molar-refractivity contribution in [2.45, 2.75) is 0 Å². The second kappa shape index (κ2) is 28.0. The van der Waals surface area contributed by atoms with Crippen molar-refractivity contribution in [1.29, 1.82) is 0 Å². The van der Waals surface area contributed by atoms with Gasteiger partial charge in [0, 0.05) is 112 Å². The molecule has 16 aromatic carbocycles. The van der Waals surface area contributed by atoms with E-state index >= 15 is 0 Å². The van der Waals surface area contributed by atoms with Gasteiger partial charge in [-0.2, -0.15) is 0 Å². The van der Waals surface area contributed by atoms with Gasteiger partial charge in [-0.1, -0.05) is 315 Å². The first-order chi connectivity index (χ1) is 55.5. The van der Waals surface area contributed by atoms with Crippen molar-refractivity contribution in [1.82, 2.24) is 39.0 Å². The Morgan fingerprint density at radius 1 is 0.170 bits per heavy atom. The molecule has 8 nitrogen and oxygen atoms in total. The predicted molar refractivity (Wildman–Crippen MR) is 468 cm³/mol. The molecule has 10 heteroatoms. The van der Waals surface area contributed by atoms with Crippen molar-refractivity contribution in [2.75, 3.05) is 0 Å². The minimum Gasteiger partial charge on any atom is -0.309 e. The molecule has 524 valence electrons. The van der Waals surface area contributed by atoms with E-state index in [1.54, 1.807) is 11.3 Å². The zero-order valence-corrected chi connectivity index (χ0v) is 62.0. The first-order valence-electron chi connectivity index (χ1n) is 37.5. The fourth-order valence-electron chi connectivity index (χ4n) is 16.0. The van der Waals surface area contributed by atoms with Crippen LogP contribution in [0.5, 0.6) is 0 Å². The number of hydrogen-bond acceptors (Lipinski definition) is 8. The molecule has 22 rings (SSSR count). The van der Waals surface area contributed by atoms with Gasteiger partial charge >= 0.3 is 0 Å². The van der Waals surface area contributed by atoms with Gasteiger partial charge in [0.2, 0.25) is 0 Å². The number of fused-ring (bicyclic) bond motifs is 12. The molecular weight excluding hydrogens is 1400 g/mol. The second-order valence-corrected chi connectivity index (χ2v) is 30.2. The smallest absolute Gasteiger partial charge is 0.165 e. The number of thiophene rings is 2. The van der Waals surface area contributed by atoms with E-state index in [9.17, 15) is 0 Å². The van der Waals surface area contributed by atoms with E-state index < -0.39 is 0 Å². The molecule has 6 aromatic heterocycles. The summed E-state index contributed by atoms with van der Waals surface area (Å²) in [4.78, 5) is 30.8. The van der Waals surface area contributed by atoms with Gasteiger partial charge in [-0.05, 0) is 112 Å². The number of hydrogen-bond donors (Lipinski definition) is 0. The zero-order valence-electron chi connectivity index (χ0n) is 60.3. The Morgan fingerprint density at radius 3 is 0.893 bits per heavy atom. The second-order valence-electron chi connectivity index (χ2n) is 28.1. The van der Waals surface area contributed by atoms with E-state index in [1.165, 1.54) is 96.0 Å². The third kappa shape index (κ3) is 11.9. The Balaban J connectivity index is 0.000000141. The Bertz CT molecular complexity index is 7300. The van der Waals surface area contributed by atoms with Crippen LogP contribution in [-0.2, 0) is 0 Å². The number of rotatable bonds is 12. The maximum absolute atomic E-state index is 5.33. The lowest BCUT2D eigenvalue weighted by atomic mass is 9.99. The van der Waals surface area contributed by atoms with Crippen LogP contribution >= 0.6 is 22.7 Å². The monoisotopic (exact) mass is 1460 g/mol. The number of nitrogens with zero attached hydrogens (tertiary/aromatic N) is 8. The summed E-state index contributed by atoms with van der Waals surface area (Å²) in [6.07, 6.45) is 0. The van der Waals surface area contributed by atoms with Crippen molar-refractivity contribution in [3.05, 3.63) is 388 Å². The van der Waals surface area contributed by atoms with Gasteiger partial charge in [-0.25, -0.2) is 29.9 Å². The van der Waals surface area contributed by atoms with E-state index in [0.29, 0.717) is 34.9 Å². The van der Waals surface area contributed by atoms with Gasteiger partial charge < -0.3 is 9.13 Å². The maximum atomic E-state index is 5.33. The molecule has 0 saturated carbocycles. The fourth-order valence-corrected chi connectivity index (χ4v) is 18.4. The SMILES string of the molecule is c1ccc(-c2ccc3c4ccccc4n(-c4cc(-c5cccc(-c6nc(-c7ccccc7)nc(-c7ccccc7)n6)c5)c5sc6ccccc6c5c4)c3c2)cc1.c1ccc(-c2cccc(-c3nc(-c4ccccc4)nc(-c4cc(-n5c6ccccc6c6ccc(-c7ccccc7)cc65)cc5c4sc4ccccc45)n3)c2)cc1. The molecule has 0 bridgehead atoms. The third-order valence-corrected chi connectivity index (χ3v) is 23.7. The molecule has 0 saturated heterocycles. The Hall–Kier alpha value is -14.4. The van der Waals surface area contributed by atoms with Gasteiger partial charge in [0.15, 0.2) is 34.9 Å². The van der Waals surface area contributed by atoms with Gasteiger partial charge in [-0.3, -0.25) is 0 Å². The zero-order chi connectivity index (χ0) is 74.0. The van der Waals surface area contributed by atoms with Gasteiger partial charge in [-0.15, -0.1) is 22.7 Å². The molecule has 0 atom stereocenters. The van der Waals surface area contributed by atoms with Crippen molar-refractivity contribution < 1.29 is 0 Å². The van der Waals surface area contributed by atoms with Gasteiger partial charge in [0.25, 0.3) is 0 Å². The van der Waals surface area contributed by atoms with Crippen molar-refractivity contribution in [3.8, 4) is 124 Å². The highest BCUT2D eigenvalue weighted by Gasteiger charge is 2.24. The summed E-state index contributed by atoms with van der Waals surface area (Å²) in [6.45, 7) is 0. The van der Waals surface area contributed by atoms with Crippen LogP contribution < -0.4 is 0 Å². The summed E-state index contributed by atoms with van der Waals surface area (Å²) in [7, 11) is 0. The van der Waals surface area contributed by atoms with Crippen LogP contribution in [0.3, 0.4) is 0 Å². The summed E-state index contributed by atoms with van der Waals surface area (Å²) in [6, 6.07) is 137. The van der Waals surface area contributed by atoms with Crippen LogP contribution in [0.15, 0.2) is 388 Å². The minimum absolute atomic E-state index is 0.635. The van der Waals surface area contributed by atoms with Crippen LogP contribution in [0.25, 0.3) is 208 Å². The van der Waals surface area contributed by atoms with E-state index in [2.05, 4.69) is 312 Å². The van der Waals surface area contributed by atoms with Crippen LogP contribution in [0.4, 0.5) is 0 Å². The fraction of sp³-hybridized carbons (Fsp3) is 0. The highest BCUT2D eigenvalue weighted by molar-refractivity contribution is 7.26. The highest BCUT2D eigenvalue weighted by atomic mass is 32.1. The highest BCUT2D eigenvalue weighted by Crippen LogP contribution is 2.47. The minimum atomic E-state index is 0.635. The number of para-hydroxylation sites is 2. The lowest BCUT2D eigenvalue weighted by Gasteiger charge is -2.14. The molecule has 112 heavy (non-hydrogen) atoms. The van der Waals surface area contributed by atoms with Crippen LogP contribution in [0.1, 0.15) is 0 Å². The third-order valence-electron chi connectivity index (χ3n) is 21.3. The number of benzene rings is 16. The van der Waals surface area contributed by atoms with Crippen molar-refractivity contribution in [3.63, 3.8) is 0 Å². The van der Waals surface area contributed by atoms with E-state index in [0.717, 1.165) is 77.2 Å². The maximum Gasteiger partial charge on any atom is 0.165 e.